The van der Waals surface area contributed by atoms with Crippen LogP contribution in [0.15, 0.2) is 12.3 Å². The fourth-order valence-electron chi connectivity index (χ4n) is 1.36. The second-order valence-corrected chi connectivity index (χ2v) is 3.96. The van der Waals surface area contributed by atoms with Crippen molar-refractivity contribution in [3.05, 3.63) is 12.3 Å². The molecule has 2 N–H and O–H groups in total. The van der Waals surface area contributed by atoms with Crippen molar-refractivity contribution in [3.8, 4) is 0 Å². The summed E-state index contributed by atoms with van der Waals surface area (Å²) < 4.78 is 5.51. The Hall–Kier alpha value is -1.36. The number of nitrogens with zero attached hydrogens (tertiary/aromatic N) is 2. The summed E-state index contributed by atoms with van der Waals surface area (Å²) in [4.78, 5) is 8.29. The molecule has 2 rings (SSSR count). The van der Waals surface area contributed by atoms with Gasteiger partial charge in [0.25, 0.3) is 0 Å². The summed E-state index contributed by atoms with van der Waals surface area (Å²) in [6.07, 6.45) is 4.40. The van der Waals surface area contributed by atoms with Crippen LogP contribution in [0.1, 0.15) is 12.8 Å². The Morgan fingerprint density at radius 3 is 3.12 bits per heavy atom. The zero-order valence-corrected chi connectivity index (χ0v) is 9.57. The van der Waals surface area contributed by atoms with E-state index in [1.54, 1.807) is 13.2 Å². The minimum absolute atomic E-state index is 0.629. The van der Waals surface area contributed by atoms with E-state index in [-0.39, 0.29) is 0 Å². The molecule has 5 heteroatoms. The van der Waals surface area contributed by atoms with Gasteiger partial charge in [-0.15, -0.1) is 0 Å². The largest absolute Gasteiger partial charge is 0.379 e. The van der Waals surface area contributed by atoms with Crippen LogP contribution in [0.5, 0.6) is 0 Å². The highest BCUT2D eigenvalue weighted by atomic mass is 16.5. The third-order valence-corrected chi connectivity index (χ3v) is 2.48. The maximum absolute atomic E-state index is 5.51. The van der Waals surface area contributed by atoms with Crippen LogP contribution in [0.25, 0.3) is 0 Å². The molecule has 1 aromatic heterocycles. The number of aromatic nitrogens is 2. The number of hydrogen-bond acceptors (Lipinski definition) is 5. The van der Waals surface area contributed by atoms with E-state index in [0.717, 1.165) is 31.5 Å². The van der Waals surface area contributed by atoms with Gasteiger partial charge in [0.05, 0.1) is 6.61 Å². The van der Waals surface area contributed by atoms with Gasteiger partial charge in [0.15, 0.2) is 0 Å². The molecular weight excluding hydrogens is 204 g/mol. The van der Waals surface area contributed by atoms with Crippen molar-refractivity contribution in [2.24, 2.45) is 5.92 Å². The van der Waals surface area contributed by atoms with Gasteiger partial charge in [-0.1, -0.05) is 0 Å². The number of hydrogen-bond donors (Lipinski definition) is 2. The Morgan fingerprint density at radius 2 is 2.38 bits per heavy atom. The van der Waals surface area contributed by atoms with Crippen LogP contribution in [0.4, 0.5) is 11.8 Å². The molecule has 0 bridgehead atoms. The molecule has 1 aliphatic rings. The van der Waals surface area contributed by atoms with E-state index < -0.39 is 0 Å². The highest BCUT2D eigenvalue weighted by Crippen LogP contribution is 2.28. The minimum atomic E-state index is 0.629. The molecule has 0 aromatic carbocycles. The monoisotopic (exact) mass is 222 g/mol. The van der Waals surface area contributed by atoms with E-state index in [0.29, 0.717) is 5.95 Å². The van der Waals surface area contributed by atoms with Gasteiger partial charge in [-0.05, 0) is 24.8 Å². The first-order chi connectivity index (χ1) is 7.88. The molecule has 88 valence electrons. The van der Waals surface area contributed by atoms with Crippen molar-refractivity contribution in [2.75, 3.05) is 37.4 Å². The second-order valence-electron chi connectivity index (χ2n) is 3.96. The van der Waals surface area contributed by atoms with E-state index in [1.165, 1.54) is 12.8 Å². The Morgan fingerprint density at radius 1 is 1.50 bits per heavy atom. The van der Waals surface area contributed by atoms with E-state index in [2.05, 4.69) is 20.6 Å². The number of nitrogens with one attached hydrogen (secondary N) is 2. The lowest BCUT2D eigenvalue weighted by Crippen LogP contribution is -2.12. The molecule has 1 aromatic rings. The lowest BCUT2D eigenvalue weighted by atomic mass is 10.5. The first-order valence-electron chi connectivity index (χ1n) is 5.71. The summed E-state index contributed by atoms with van der Waals surface area (Å²) in [6, 6.07) is 1.85. The SMILES string of the molecule is CNc1nccc(NCCOCC2CC2)n1. The Balaban J connectivity index is 1.63. The summed E-state index contributed by atoms with van der Waals surface area (Å²) >= 11 is 0. The summed E-state index contributed by atoms with van der Waals surface area (Å²) in [5.41, 5.74) is 0. The molecule has 0 radical (unpaired) electrons. The van der Waals surface area contributed by atoms with Crippen molar-refractivity contribution in [3.63, 3.8) is 0 Å². The van der Waals surface area contributed by atoms with Crippen molar-refractivity contribution in [2.45, 2.75) is 12.8 Å². The zero-order chi connectivity index (χ0) is 11.2. The molecule has 16 heavy (non-hydrogen) atoms. The highest BCUT2D eigenvalue weighted by Gasteiger charge is 2.20. The third kappa shape index (κ3) is 3.66. The maximum atomic E-state index is 5.51. The molecule has 0 amide bonds. The fraction of sp³-hybridized carbons (Fsp3) is 0.636. The van der Waals surface area contributed by atoms with E-state index in [4.69, 9.17) is 4.74 Å². The lowest BCUT2D eigenvalue weighted by molar-refractivity contribution is 0.134. The van der Waals surface area contributed by atoms with Gasteiger partial charge in [-0.25, -0.2) is 4.98 Å². The van der Waals surface area contributed by atoms with E-state index >= 15 is 0 Å². The molecule has 0 atom stereocenters. The fourth-order valence-corrected chi connectivity index (χ4v) is 1.36. The average molecular weight is 222 g/mol. The molecule has 1 fully saturated rings. The van der Waals surface area contributed by atoms with Crippen molar-refractivity contribution < 1.29 is 4.74 Å². The van der Waals surface area contributed by atoms with Crippen LogP contribution in [-0.4, -0.2) is 36.8 Å². The van der Waals surface area contributed by atoms with Crippen LogP contribution in [-0.2, 0) is 4.74 Å². The summed E-state index contributed by atoms with van der Waals surface area (Å²) in [7, 11) is 1.80. The van der Waals surface area contributed by atoms with Crippen molar-refractivity contribution in [1.29, 1.82) is 0 Å². The molecule has 0 saturated heterocycles. The predicted molar refractivity (Wildman–Crippen MR) is 63.6 cm³/mol. The summed E-state index contributed by atoms with van der Waals surface area (Å²) in [5, 5.41) is 6.10. The van der Waals surface area contributed by atoms with Crippen LogP contribution < -0.4 is 10.6 Å². The lowest BCUT2D eigenvalue weighted by Gasteiger charge is -2.07. The van der Waals surface area contributed by atoms with Crippen molar-refractivity contribution in [1.82, 2.24) is 9.97 Å². The van der Waals surface area contributed by atoms with Crippen LogP contribution >= 0.6 is 0 Å². The maximum Gasteiger partial charge on any atom is 0.224 e. The van der Waals surface area contributed by atoms with Gasteiger partial charge in [0, 0.05) is 26.4 Å². The number of ether oxygens (including phenoxy) is 1. The highest BCUT2D eigenvalue weighted by molar-refractivity contribution is 5.38. The Labute approximate surface area is 95.6 Å². The van der Waals surface area contributed by atoms with Crippen molar-refractivity contribution >= 4 is 11.8 Å². The summed E-state index contributed by atoms with van der Waals surface area (Å²) in [6.45, 7) is 2.43. The van der Waals surface area contributed by atoms with Gasteiger partial charge in [-0.3, -0.25) is 0 Å². The molecule has 0 aliphatic heterocycles. The molecule has 0 spiro atoms. The van der Waals surface area contributed by atoms with E-state index in [9.17, 15) is 0 Å². The zero-order valence-electron chi connectivity index (χ0n) is 9.57. The van der Waals surface area contributed by atoms with Gasteiger partial charge in [0.2, 0.25) is 5.95 Å². The normalized spacial score (nSPS) is 14.8. The topological polar surface area (TPSA) is 59.1 Å². The second kappa shape index (κ2) is 5.65. The Bertz CT molecular complexity index is 328. The number of anilines is 2. The molecule has 1 heterocycles. The minimum Gasteiger partial charge on any atom is -0.379 e. The first kappa shape index (κ1) is 11.1. The van der Waals surface area contributed by atoms with Gasteiger partial charge < -0.3 is 15.4 Å². The van der Waals surface area contributed by atoms with Crippen LogP contribution in [0.2, 0.25) is 0 Å². The quantitative estimate of drug-likeness (QED) is 0.682. The predicted octanol–water partition coefficient (Wildman–Crippen LogP) is 1.36. The third-order valence-electron chi connectivity index (χ3n) is 2.48. The van der Waals surface area contributed by atoms with Crippen LogP contribution in [0.3, 0.4) is 0 Å². The molecule has 5 nitrogen and oxygen atoms in total. The first-order valence-corrected chi connectivity index (χ1v) is 5.71. The van der Waals surface area contributed by atoms with Gasteiger partial charge in [0.1, 0.15) is 5.82 Å². The van der Waals surface area contributed by atoms with E-state index in [1.807, 2.05) is 6.07 Å². The molecule has 0 unspecified atom stereocenters. The van der Waals surface area contributed by atoms with Gasteiger partial charge in [-0.2, -0.15) is 4.98 Å². The number of rotatable bonds is 7. The average Bonchev–Trinajstić information content (AvgIpc) is 3.13. The standard InChI is InChI=1S/C11H18N4O/c1-12-11-14-5-4-10(15-11)13-6-7-16-8-9-2-3-9/h4-5,9H,2-3,6-8H2,1H3,(H2,12,13,14,15). The Kier molecular flexibility index (Phi) is 3.93. The summed E-state index contributed by atoms with van der Waals surface area (Å²) in [5.74, 6) is 2.29. The van der Waals surface area contributed by atoms with Crippen LogP contribution in [0, 0.1) is 5.92 Å². The molecular formula is C11H18N4O. The smallest absolute Gasteiger partial charge is 0.224 e. The molecule has 1 saturated carbocycles. The van der Waals surface area contributed by atoms with Gasteiger partial charge >= 0.3 is 0 Å². The molecule has 1 aliphatic carbocycles.